The van der Waals surface area contributed by atoms with E-state index in [0.29, 0.717) is 16.3 Å². The average Bonchev–Trinajstić information content (AvgIpc) is 2.29. The topological polar surface area (TPSA) is 46.5 Å². The van der Waals surface area contributed by atoms with Crippen LogP contribution < -0.4 is 4.74 Å². The van der Waals surface area contributed by atoms with Crippen LogP contribution in [-0.4, -0.2) is 22.5 Å². The number of aliphatic hydroxyl groups is 1. The average molecular weight is 304 g/mol. The van der Waals surface area contributed by atoms with Gasteiger partial charge in [-0.1, -0.05) is 39.7 Å². The highest BCUT2D eigenvalue weighted by Crippen LogP contribution is 2.35. The molecule has 0 aromatic heterocycles. The fourth-order valence-electron chi connectivity index (χ4n) is 1.47. The van der Waals surface area contributed by atoms with Gasteiger partial charge >= 0.3 is 0 Å². The maximum atomic E-state index is 11.5. The van der Waals surface area contributed by atoms with Gasteiger partial charge in [0.1, 0.15) is 5.75 Å². The summed E-state index contributed by atoms with van der Waals surface area (Å²) < 4.78 is 5.21. The highest BCUT2D eigenvalue weighted by molar-refractivity contribution is 9.09. The minimum atomic E-state index is -1.25. The van der Waals surface area contributed by atoms with Crippen molar-refractivity contribution in [2.24, 2.45) is 0 Å². The molecular formula is C11H8BrClO3. The molecule has 1 aromatic rings. The van der Waals surface area contributed by atoms with Crippen molar-refractivity contribution in [2.45, 2.75) is 6.29 Å². The molecule has 1 aromatic carbocycles. The van der Waals surface area contributed by atoms with Crippen LogP contribution in [0.5, 0.6) is 5.75 Å². The number of Topliss-reactive ketones (excluding diaryl/α,β-unsaturated/α-hetero) is 1. The van der Waals surface area contributed by atoms with Crippen molar-refractivity contribution in [3.63, 3.8) is 0 Å². The van der Waals surface area contributed by atoms with Crippen molar-refractivity contribution in [1.29, 1.82) is 0 Å². The summed E-state index contributed by atoms with van der Waals surface area (Å²) in [7, 11) is 0. The predicted octanol–water partition coefficient (Wildman–Crippen LogP) is 2.40. The smallest absolute Gasteiger partial charge is 0.227 e. The third-order valence-corrected chi connectivity index (χ3v) is 3.05. The molecule has 0 saturated carbocycles. The number of halogens is 2. The molecule has 0 aliphatic carbocycles. The molecule has 0 radical (unpaired) electrons. The van der Waals surface area contributed by atoms with Crippen LogP contribution in [0.15, 0.2) is 23.8 Å². The van der Waals surface area contributed by atoms with Crippen molar-refractivity contribution >= 4 is 39.4 Å². The molecule has 5 heteroatoms. The van der Waals surface area contributed by atoms with Crippen molar-refractivity contribution in [3.05, 3.63) is 34.4 Å². The van der Waals surface area contributed by atoms with Crippen LogP contribution in [0, 0.1) is 0 Å². The Kier molecular flexibility index (Phi) is 3.33. The fraction of sp³-hybridized carbons (Fsp3) is 0.182. The SMILES string of the molecule is O=C(CBr)C1=Cc2cccc(Cl)c2OC1O. The van der Waals surface area contributed by atoms with Gasteiger partial charge in [-0.3, -0.25) is 4.79 Å². The van der Waals surface area contributed by atoms with Gasteiger partial charge in [0.05, 0.1) is 15.9 Å². The Morgan fingerprint density at radius 1 is 1.56 bits per heavy atom. The first-order chi connectivity index (χ1) is 7.63. The van der Waals surface area contributed by atoms with E-state index in [4.69, 9.17) is 16.3 Å². The van der Waals surface area contributed by atoms with Gasteiger partial charge in [0.25, 0.3) is 0 Å². The van der Waals surface area contributed by atoms with E-state index in [1.807, 2.05) is 0 Å². The monoisotopic (exact) mass is 302 g/mol. The number of carbonyl (C=O) groups excluding carboxylic acids is 1. The summed E-state index contributed by atoms with van der Waals surface area (Å²) in [5.74, 6) is 0.195. The fourth-order valence-corrected chi connectivity index (χ4v) is 2.02. The lowest BCUT2D eigenvalue weighted by molar-refractivity contribution is -0.116. The molecule has 0 spiro atoms. The van der Waals surface area contributed by atoms with E-state index < -0.39 is 6.29 Å². The molecule has 1 heterocycles. The van der Waals surface area contributed by atoms with E-state index in [0.717, 1.165) is 0 Å². The molecule has 1 aliphatic rings. The first-order valence-corrected chi connectivity index (χ1v) is 6.07. The highest BCUT2D eigenvalue weighted by Gasteiger charge is 2.26. The van der Waals surface area contributed by atoms with Crippen molar-refractivity contribution in [3.8, 4) is 5.75 Å². The van der Waals surface area contributed by atoms with E-state index in [-0.39, 0.29) is 16.7 Å². The molecule has 1 N–H and O–H groups in total. The van der Waals surface area contributed by atoms with Gasteiger partial charge in [-0.2, -0.15) is 0 Å². The first kappa shape index (κ1) is 11.6. The summed E-state index contributed by atoms with van der Waals surface area (Å²) in [5.41, 5.74) is 0.925. The second kappa shape index (κ2) is 4.57. The number of para-hydroxylation sites is 1. The Hall–Kier alpha value is -0.840. The number of hydrogen-bond donors (Lipinski definition) is 1. The predicted molar refractivity (Wildman–Crippen MR) is 64.9 cm³/mol. The third kappa shape index (κ3) is 2.00. The third-order valence-electron chi connectivity index (χ3n) is 2.25. The van der Waals surface area contributed by atoms with Gasteiger partial charge in [-0.25, -0.2) is 0 Å². The molecule has 1 unspecified atom stereocenters. The van der Waals surface area contributed by atoms with E-state index in [9.17, 15) is 9.90 Å². The molecule has 0 fully saturated rings. The number of fused-ring (bicyclic) bond motifs is 1. The minimum absolute atomic E-state index is 0.148. The summed E-state index contributed by atoms with van der Waals surface area (Å²) in [5, 5.41) is 10.2. The number of benzene rings is 1. The normalized spacial score (nSPS) is 18.4. The molecule has 0 amide bonds. The Morgan fingerprint density at radius 3 is 3.00 bits per heavy atom. The lowest BCUT2D eigenvalue weighted by atomic mass is 10.0. The van der Waals surface area contributed by atoms with Crippen LogP contribution in [-0.2, 0) is 4.79 Å². The Labute approximate surface area is 106 Å². The van der Waals surface area contributed by atoms with Gasteiger partial charge in [-0.15, -0.1) is 0 Å². The number of ether oxygens (including phenoxy) is 1. The molecule has 84 valence electrons. The van der Waals surface area contributed by atoms with Gasteiger partial charge in [0.15, 0.2) is 5.78 Å². The molecular weight excluding hydrogens is 295 g/mol. The zero-order valence-corrected chi connectivity index (χ0v) is 10.5. The molecule has 3 nitrogen and oxygen atoms in total. The van der Waals surface area contributed by atoms with E-state index in [1.54, 1.807) is 24.3 Å². The summed E-state index contributed by atoms with van der Waals surface area (Å²) >= 11 is 8.96. The molecule has 0 saturated heterocycles. The number of aliphatic hydroxyl groups excluding tert-OH is 1. The van der Waals surface area contributed by atoms with Gasteiger partial charge < -0.3 is 9.84 Å². The van der Waals surface area contributed by atoms with Crippen LogP contribution in [0.25, 0.3) is 6.08 Å². The Morgan fingerprint density at radius 2 is 2.31 bits per heavy atom. The Bertz CT molecular complexity index is 470. The Balaban J connectivity index is 2.49. The highest BCUT2D eigenvalue weighted by atomic mass is 79.9. The van der Waals surface area contributed by atoms with Crippen LogP contribution >= 0.6 is 27.5 Å². The summed E-state index contributed by atoms with van der Waals surface area (Å²) in [4.78, 5) is 11.5. The zero-order chi connectivity index (χ0) is 11.7. The first-order valence-electron chi connectivity index (χ1n) is 4.57. The van der Waals surface area contributed by atoms with Gasteiger partial charge in [0.2, 0.25) is 6.29 Å². The number of hydrogen-bond acceptors (Lipinski definition) is 3. The summed E-state index contributed by atoms with van der Waals surface area (Å²) in [6, 6.07) is 5.20. The van der Waals surface area contributed by atoms with Crippen molar-refractivity contribution < 1.29 is 14.6 Å². The standard InChI is InChI=1S/C11H8BrClO3/c12-5-9(14)7-4-6-2-1-3-8(13)10(6)16-11(7)15/h1-4,11,15H,5H2. The maximum absolute atomic E-state index is 11.5. The van der Waals surface area contributed by atoms with Crippen molar-refractivity contribution in [1.82, 2.24) is 0 Å². The quantitative estimate of drug-likeness (QED) is 0.853. The molecule has 16 heavy (non-hydrogen) atoms. The number of carbonyl (C=O) groups is 1. The number of rotatable bonds is 2. The van der Waals surface area contributed by atoms with Gasteiger partial charge in [0, 0.05) is 5.56 Å². The van der Waals surface area contributed by atoms with Gasteiger partial charge in [-0.05, 0) is 12.1 Å². The summed E-state index contributed by atoms with van der Waals surface area (Å²) in [6.45, 7) is 0. The molecule has 0 bridgehead atoms. The van der Waals surface area contributed by atoms with Crippen LogP contribution in [0.4, 0.5) is 0 Å². The lowest BCUT2D eigenvalue weighted by Gasteiger charge is -2.22. The molecule has 2 rings (SSSR count). The van der Waals surface area contributed by atoms with Crippen molar-refractivity contribution in [2.75, 3.05) is 5.33 Å². The summed E-state index contributed by atoms with van der Waals surface area (Å²) in [6.07, 6.45) is 0.344. The second-order valence-electron chi connectivity index (χ2n) is 3.28. The maximum Gasteiger partial charge on any atom is 0.227 e. The second-order valence-corrected chi connectivity index (χ2v) is 4.25. The molecule has 1 aliphatic heterocycles. The van der Waals surface area contributed by atoms with Crippen LogP contribution in [0.3, 0.4) is 0 Å². The van der Waals surface area contributed by atoms with E-state index >= 15 is 0 Å². The van der Waals surface area contributed by atoms with E-state index in [1.165, 1.54) is 0 Å². The minimum Gasteiger partial charge on any atom is -0.458 e. The number of alkyl halides is 1. The largest absolute Gasteiger partial charge is 0.458 e. The lowest BCUT2D eigenvalue weighted by Crippen LogP contribution is -2.27. The van der Waals surface area contributed by atoms with E-state index in [2.05, 4.69) is 15.9 Å². The number of ketones is 1. The zero-order valence-electron chi connectivity index (χ0n) is 8.11. The van der Waals surface area contributed by atoms with Crippen LogP contribution in [0.1, 0.15) is 5.56 Å². The molecule has 1 atom stereocenters. The van der Waals surface area contributed by atoms with Crippen LogP contribution in [0.2, 0.25) is 5.02 Å².